The van der Waals surface area contributed by atoms with Crippen molar-refractivity contribution in [3.05, 3.63) is 45.6 Å². The van der Waals surface area contributed by atoms with E-state index >= 15 is 0 Å². The van der Waals surface area contributed by atoms with Gasteiger partial charge in [0.25, 0.3) is 0 Å². The van der Waals surface area contributed by atoms with E-state index in [-0.39, 0.29) is 6.10 Å². The molecule has 0 aliphatic carbocycles. The number of ether oxygens (including phenoxy) is 3. The zero-order chi connectivity index (χ0) is 13.9. The third-order valence-corrected chi connectivity index (χ3v) is 4.41. The third-order valence-electron chi connectivity index (χ3n) is 3.30. The van der Waals surface area contributed by atoms with Crippen molar-refractivity contribution in [2.45, 2.75) is 19.6 Å². The molecule has 1 aliphatic rings. The van der Waals surface area contributed by atoms with Crippen LogP contribution < -0.4 is 15.2 Å². The molecule has 0 amide bonds. The summed E-state index contributed by atoms with van der Waals surface area (Å²) in [6.45, 7) is 3.36. The van der Waals surface area contributed by atoms with Gasteiger partial charge in [-0.05, 0) is 41.6 Å². The van der Waals surface area contributed by atoms with Crippen LogP contribution in [0.3, 0.4) is 0 Å². The molecule has 0 fully saturated rings. The van der Waals surface area contributed by atoms with Gasteiger partial charge in [-0.2, -0.15) is 0 Å². The normalized spacial score (nSPS) is 14.5. The van der Waals surface area contributed by atoms with Gasteiger partial charge >= 0.3 is 0 Å². The van der Waals surface area contributed by atoms with Crippen LogP contribution in [0.1, 0.15) is 22.1 Å². The minimum atomic E-state index is -0.0552. The van der Waals surface area contributed by atoms with Gasteiger partial charge in [0.1, 0.15) is 6.10 Å². The van der Waals surface area contributed by atoms with Crippen molar-refractivity contribution >= 4 is 11.3 Å². The Kier molecular flexibility index (Phi) is 3.91. The van der Waals surface area contributed by atoms with Gasteiger partial charge in [-0.1, -0.05) is 6.07 Å². The number of hydrogen-bond acceptors (Lipinski definition) is 5. The highest BCUT2D eigenvalue weighted by Gasteiger charge is 2.16. The molecule has 2 N–H and O–H groups in total. The number of fused-ring (bicyclic) bond motifs is 1. The SMILES string of the molecule is Cc1ccsc1C(CN)OCc1ccc2c(c1)OCO2. The summed E-state index contributed by atoms with van der Waals surface area (Å²) < 4.78 is 16.6. The molecule has 1 atom stereocenters. The first-order valence-corrected chi connectivity index (χ1v) is 7.40. The third kappa shape index (κ3) is 2.65. The zero-order valence-electron chi connectivity index (χ0n) is 11.3. The van der Waals surface area contributed by atoms with Crippen molar-refractivity contribution in [1.29, 1.82) is 0 Å². The summed E-state index contributed by atoms with van der Waals surface area (Å²) in [5.74, 6) is 1.57. The van der Waals surface area contributed by atoms with Gasteiger partial charge in [-0.25, -0.2) is 0 Å². The molecule has 3 rings (SSSR count). The molecule has 1 aliphatic heterocycles. The molecule has 2 heterocycles. The van der Waals surface area contributed by atoms with Gasteiger partial charge in [0.05, 0.1) is 6.61 Å². The Hall–Kier alpha value is -1.56. The predicted molar refractivity (Wildman–Crippen MR) is 78.2 cm³/mol. The first kappa shape index (κ1) is 13.4. The van der Waals surface area contributed by atoms with E-state index in [2.05, 4.69) is 18.4 Å². The summed E-state index contributed by atoms with van der Waals surface area (Å²) in [7, 11) is 0. The van der Waals surface area contributed by atoms with Crippen LogP contribution in [-0.4, -0.2) is 13.3 Å². The van der Waals surface area contributed by atoms with Crippen molar-refractivity contribution in [2.24, 2.45) is 5.73 Å². The highest BCUT2D eigenvalue weighted by Crippen LogP contribution is 2.33. The van der Waals surface area contributed by atoms with Crippen LogP contribution in [0.25, 0.3) is 0 Å². The molecule has 20 heavy (non-hydrogen) atoms. The summed E-state index contributed by atoms with van der Waals surface area (Å²) in [4.78, 5) is 1.20. The van der Waals surface area contributed by atoms with Crippen LogP contribution >= 0.6 is 11.3 Å². The fourth-order valence-corrected chi connectivity index (χ4v) is 3.18. The van der Waals surface area contributed by atoms with Crippen molar-refractivity contribution < 1.29 is 14.2 Å². The Morgan fingerprint density at radius 3 is 2.90 bits per heavy atom. The Bertz CT molecular complexity index is 597. The van der Waals surface area contributed by atoms with E-state index in [1.54, 1.807) is 11.3 Å². The fourth-order valence-electron chi connectivity index (χ4n) is 2.19. The molecule has 1 aromatic carbocycles. The molecule has 0 bridgehead atoms. The number of nitrogens with two attached hydrogens (primary N) is 1. The summed E-state index contributed by atoms with van der Waals surface area (Å²) in [6.07, 6.45) is -0.0552. The largest absolute Gasteiger partial charge is 0.454 e. The van der Waals surface area contributed by atoms with Crippen LogP contribution in [-0.2, 0) is 11.3 Å². The number of rotatable bonds is 5. The molecule has 2 aromatic rings. The molecule has 0 radical (unpaired) electrons. The molecule has 4 nitrogen and oxygen atoms in total. The monoisotopic (exact) mass is 291 g/mol. The van der Waals surface area contributed by atoms with E-state index in [4.69, 9.17) is 19.9 Å². The fraction of sp³-hybridized carbons (Fsp3) is 0.333. The van der Waals surface area contributed by atoms with Crippen LogP contribution in [0.4, 0.5) is 0 Å². The lowest BCUT2D eigenvalue weighted by Gasteiger charge is -2.16. The van der Waals surface area contributed by atoms with E-state index in [1.807, 2.05) is 18.2 Å². The van der Waals surface area contributed by atoms with E-state index < -0.39 is 0 Å². The van der Waals surface area contributed by atoms with Crippen LogP contribution in [0.5, 0.6) is 11.5 Å². The maximum Gasteiger partial charge on any atom is 0.231 e. The van der Waals surface area contributed by atoms with Gasteiger partial charge in [0, 0.05) is 11.4 Å². The lowest BCUT2D eigenvalue weighted by molar-refractivity contribution is 0.0475. The average Bonchev–Trinajstić information content (AvgIpc) is 3.08. The highest BCUT2D eigenvalue weighted by atomic mass is 32.1. The second-order valence-corrected chi connectivity index (χ2v) is 5.64. The summed E-state index contributed by atoms with van der Waals surface area (Å²) in [5, 5.41) is 2.07. The van der Waals surface area contributed by atoms with Crippen molar-refractivity contribution in [2.75, 3.05) is 13.3 Å². The Labute approximate surface area is 122 Å². The maximum atomic E-state index is 5.95. The molecule has 106 valence electrons. The van der Waals surface area contributed by atoms with Crippen molar-refractivity contribution in [3.8, 4) is 11.5 Å². The van der Waals surface area contributed by atoms with E-state index in [1.165, 1.54) is 10.4 Å². The highest BCUT2D eigenvalue weighted by molar-refractivity contribution is 7.10. The Balaban J connectivity index is 1.68. The molecule has 5 heteroatoms. The Morgan fingerprint density at radius 2 is 2.15 bits per heavy atom. The van der Waals surface area contributed by atoms with Gasteiger partial charge in [0.2, 0.25) is 6.79 Å². The van der Waals surface area contributed by atoms with Gasteiger partial charge < -0.3 is 19.9 Å². The lowest BCUT2D eigenvalue weighted by Crippen LogP contribution is -2.15. The minimum Gasteiger partial charge on any atom is -0.454 e. The second-order valence-electron chi connectivity index (χ2n) is 4.69. The summed E-state index contributed by atoms with van der Waals surface area (Å²) in [6, 6.07) is 7.95. The van der Waals surface area contributed by atoms with Crippen molar-refractivity contribution in [3.63, 3.8) is 0 Å². The van der Waals surface area contributed by atoms with Crippen LogP contribution in [0.15, 0.2) is 29.6 Å². The molecular formula is C15H17NO3S. The van der Waals surface area contributed by atoms with E-state index in [0.717, 1.165) is 17.1 Å². The number of benzene rings is 1. The van der Waals surface area contributed by atoms with Gasteiger partial charge in [-0.15, -0.1) is 11.3 Å². The number of hydrogen-bond donors (Lipinski definition) is 1. The average molecular weight is 291 g/mol. The second kappa shape index (κ2) is 5.83. The maximum absolute atomic E-state index is 5.95. The van der Waals surface area contributed by atoms with Gasteiger partial charge in [0.15, 0.2) is 11.5 Å². The standard InChI is InChI=1S/C15H17NO3S/c1-10-4-5-20-15(10)14(7-16)17-8-11-2-3-12-13(6-11)19-9-18-12/h2-6,14H,7-9,16H2,1H3. The lowest BCUT2D eigenvalue weighted by atomic mass is 10.2. The molecule has 1 aromatic heterocycles. The van der Waals surface area contributed by atoms with Crippen LogP contribution in [0.2, 0.25) is 0 Å². The minimum absolute atomic E-state index is 0.0552. The van der Waals surface area contributed by atoms with E-state index in [0.29, 0.717) is 19.9 Å². The summed E-state index contributed by atoms with van der Waals surface area (Å²) in [5.41, 5.74) is 8.11. The first-order chi connectivity index (χ1) is 9.78. The predicted octanol–water partition coefficient (Wildman–Crippen LogP) is 3.00. The number of thiophene rings is 1. The smallest absolute Gasteiger partial charge is 0.231 e. The topological polar surface area (TPSA) is 53.7 Å². The molecule has 1 unspecified atom stereocenters. The van der Waals surface area contributed by atoms with Gasteiger partial charge in [-0.3, -0.25) is 0 Å². The molecule has 0 saturated carbocycles. The van der Waals surface area contributed by atoms with Crippen molar-refractivity contribution in [1.82, 2.24) is 0 Å². The number of aryl methyl sites for hydroxylation is 1. The molecule has 0 spiro atoms. The molecular weight excluding hydrogens is 274 g/mol. The quantitative estimate of drug-likeness (QED) is 0.920. The Morgan fingerprint density at radius 1 is 1.30 bits per heavy atom. The first-order valence-electron chi connectivity index (χ1n) is 6.52. The summed E-state index contributed by atoms with van der Waals surface area (Å²) >= 11 is 1.69. The zero-order valence-corrected chi connectivity index (χ0v) is 12.1. The van der Waals surface area contributed by atoms with Crippen LogP contribution in [0, 0.1) is 6.92 Å². The van der Waals surface area contributed by atoms with E-state index in [9.17, 15) is 0 Å². The molecule has 0 saturated heterocycles.